The number of hydrogen-bond donors (Lipinski definition) is 2. The van der Waals surface area contributed by atoms with Gasteiger partial charge < -0.3 is 11.5 Å². The van der Waals surface area contributed by atoms with E-state index in [1.807, 2.05) is 0 Å². The van der Waals surface area contributed by atoms with Crippen molar-refractivity contribution in [1.82, 2.24) is 0 Å². The number of allylic oxidation sites excluding steroid dienone is 2. The molecular weight excluding hydrogens is 136 g/mol. The van der Waals surface area contributed by atoms with E-state index in [1.54, 1.807) is 0 Å². The summed E-state index contributed by atoms with van der Waals surface area (Å²) in [5, 5.41) is 0. The summed E-state index contributed by atoms with van der Waals surface area (Å²) in [6, 6.07) is 0. The zero-order valence-corrected chi connectivity index (χ0v) is 7.07. The largest absolute Gasteiger partial charge is 0.397 e. The normalized spacial score (nSPS) is 27.1. The molecule has 0 saturated heterocycles. The van der Waals surface area contributed by atoms with Crippen molar-refractivity contribution >= 4 is 0 Å². The van der Waals surface area contributed by atoms with Gasteiger partial charge in [0.2, 0.25) is 0 Å². The maximum Gasteiger partial charge on any atom is 0.0548 e. The summed E-state index contributed by atoms with van der Waals surface area (Å²) in [5.41, 5.74) is 16.3. The van der Waals surface area contributed by atoms with Gasteiger partial charge in [0.25, 0.3) is 0 Å². The molecule has 2 aliphatic rings. The van der Waals surface area contributed by atoms with Crippen molar-refractivity contribution in [2.75, 3.05) is 0 Å². The fourth-order valence-corrected chi connectivity index (χ4v) is 2.16. The molecule has 2 heteroatoms. The van der Waals surface area contributed by atoms with Gasteiger partial charge in [-0.05, 0) is 29.4 Å². The number of nitrogens with two attached hydrogens (primary N) is 2. The molecule has 2 nitrogen and oxygen atoms in total. The topological polar surface area (TPSA) is 52.0 Å². The first-order valence-electron chi connectivity index (χ1n) is 3.99. The van der Waals surface area contributed by atoms with Gasteiger partial charge in [-0.2, -0.15) is 0 Å². The molecule has 1 saturated carbocycles. The van der Waals surface area contributed by atoms with Gasteiger partial charge in [0, 0.05) is 0 Å². The molecule has 2 bridgehead atoms. The van der Waals surface area contributed by atoms with E-state index in [9.17, 15) is 0 Å². The highest BCUT2D eigenvalue weighted by atomic mass is 14.8. The van der Waals surface area contributed by atoms with E-state index in [-0.39, 0.29) is 5.41 Å². The molecule has 0 radical (unpaired) electrons. The van der Waals surface area contributed by atoms with Crippen LogP contribution in [0.2, 0.25) is 0 Å². The van der Waals surface area contributed by atoms with Crippen molar-refractivity contribution in [2.24, 2.45) is 16.9 Å². The van der Waals surface area contributed by atoms with Crippen molar-refractivity contribution < 1.29 is 0 Å². The minimum absolute atomic E-state index is 0.280. The molecule has 0 unspecified atom stereocenters. The van der Waals surface area contributed by atoms with E-state index in [4.69, 9.17) is 11.5 Å². The molecule has 2 aliphatic carbocycles. The molecule has 2 rings (SSSR count). The van der Waals surface area contributed by atoms with Gasteiger partial charge in [0.1, 0.15) is 0 Å². The predicted molar refractivity (Wildman–Crippen MR) is 45.4 cm³/mol. The zero-order valence-electron chi connectivity index (χ0n) is 7.07. The second-order valence-electron chi connectivity index (χ2n) is 4.15. The van der Waals surface area contributed by atoms with Crippen LogP contribution in [0, 0.1) is 5.41 Å². The van der Waals surface area contributed by atoms with E-state index in [0.717, 1.165) is 24.2 Å². The van der Waals surface area contributed by atoms with Crippen molar-refractivity contribution in [3.05, 3.63) is 22.5 Å². The first kappa shape index (κ1) is 6.77. The molecule has 0 atom stereocenters. The lowest BCUT2D eigenvalue weighted by Crippen LogP contribution is -2.20. The van der Waals surface area contributed by atoms with E-state index in [0.29, 0.717) is 0 Å². The van der Waals surface area contributed by atoms with E-state index >= 15 is 0 Å². The number of fused-ring (bicyclic) bond motifs is 2. The molecule has 4 N–H and O–H groups in total. The Hall–Kier alpha value is -0.920. The second-order valence-corrected chi connectivity index (χ2v) is 4.15. The molecule has 1 fully saturated rings. The van der Waals surface area contributed by atoms with Crippen molar-refractivity contribution in [3.8, 4) is 0 Å². The lowest BCUT2D eigenvalue weighted by molar-refractivity contribution is 0.469. The summed E-state index contributed by atoms with van der Waals surface area (Å²) >= 11 is 0. The Morgan fingerprint density at radius 3 is 2.18 bits per heavy atom. The highest BCUT2D eigenvalue weighted by Gasteiger charge is 2.40. The third-order valence-corrected chi connectivity index (χ3v) is 2.86. The summed E-state index contributed by atoms with van der Waals surface area (Å²) in [6.07, 6.45) is 2.14. The zero-order chi connectivity index (χ0) is 8.22. The van der Waals surface area contributed by atoms with Crippen molar-refractivity contribution in [1.29, 1.82) is 0 Å². The minimum atomic E-state index is 0.280. The van der Waals surface area contributed by atoms with Crippen molar-refractivity contribution in [2.45, 2.75) is 26.7 Å². The third kappa shape index (κ3) is 0.669. The van der Waals surface area contributed by atoms with Crippen LogP contribution >= 0.6 is 0 Å². The lowest BCUT2D eigenvalue weighted by Gasteiger charge is -2.23. The van der Waals surface area contributed by atoms with Crippen LogP contribution in [0.4, 0.5) is 0 Å². The summed E-state index contributed by atoms with van der Waals surface area (Å²) < 4.78 is 0. The molecule has 60 valence electrons. The SMILES string of the molecule is CC1(C)CC2=C(N)C(N)=C1C2. The molecule has 0 aromatic heterocycles. The molecule has 0 heterocycles. The van der Waals surface area contributed by atoms with E-state index in [1.165, 1.54) is 11.1 Å². The second kappa shape index (κ2) is 1.63. The van der Waals surface area contributed by atoms with Crippen LogP contribution in [0.25, 0.3) is 0 Å². The maximum atomic E-state index is 5.84. The Morgan fingerprint density at radius 2 is 1.82 bits per heavy atom. The Balaban J connectivity index is 2.52. The first-order chi connectivity index (χ1) is 5.02. The van der Waals surface area contributed by atoms with Gasteiger partial charge >= 0.3 is 0 Å². The van der Waals surface area contributed by atoms with Crippen LogP contribution in [0.1, 0.15) is 26.7 Å². The summed E-state index contributed by atoms with van der Waals surface area (Å²) in [4.78, 5) is 0. The number of rotatable bonds is 0. The molecular formula is C9H14N2. The maximum absolute atomic E-state index is 5.84. The smallest absolute Gasteiger partial charge is 0.0548 e. The average Bonchev–Trinajstić information content (AvgIpc) is 2.31. The van der Waals surface area contributed by atoms with Crippen LogP contribution in [0.15, 0.2) is 22.5 Å². The van der Waals surface area contributed by atoms with Crippen LogP contribution in [0.5, 0.6) is 0 Å². The Bertz CT molecular complexity index is 282. The van der Waals surface area contributed by atoms with Crippen molar-refractivity contribution in [3.63, 3.8) is 0 Å². The molecule has 0 aromatic rings. The van der Waals surface area contributed by atoms with Crippen LogP contribution < -0.4 is 11.5 Å². The van der Waals surface area contributed by atoms with Gasteiger partial charge in [-0.15, -0.1) is 0 Å². The molecule has 0 aromatic carbocycles. The summed E-state index contributed by atoms with van der Waals surface area (Å²) in [5.74, 6) is 0. The predicted octanol–water partition coefficient (Wildman–Crippen LogP) is 1.25. The highest BCUT2D eigenvalue weighted by molar-refractivity contribution is 5.51. The molecule has 0 aliphatic heterocycles. The van der Waals surface area contributed by atoms with Gasteiger partial charge in [-0.3, -0.25) is 0 Å². The highest BCUT2D eigenvalue weighted by Crippen LogP contribution is 2.51. The van der Waals surface area contributed by atoms with Crippen LogP contribution in [-0.2, 0) is 0 Å². The number of hydrogen-bond acceptors (Lipinski definition) is 2. The molecule has 11 heavy (non-hydrogen) atoms. The Labute approximate surface area is 66.9 Å². The van der Waals surface area contributed by atoms with E-state index < -0.39 is 0 Å². The molecule has 0 spiro atoms. The Kier molecular flexibility index (Phi) is 1.00. The van der Waals surface area contributed by atoms with Gasteiger partial charge in [0.05, 0.1) is 11.4 Å². The average molecular weight is 150 g/mol. The minimum Gasteiger partial charge on any atom is -0.397 e. The van der Waals surface area contributed by atoms with Gasteiger partial charge in [0.15, 0.2) is 0 Å². The fraction of sp³-hybridized carbons (Fsp3) is 0.556. The Morgan fingerprint density at radius 1 is 1.18 bits per heavy atom. The quantitative estimate of drug-likeness (QED) is 0.546. The monoisotopic (exact) mass is 150 g/mol. The lowest BCUT2D eigenvalue weighted by atomic mass is 9.83. The van der Waals surface area contributed by atoms with Crippen LogP contribution in [0.3, 0.4) is 0 Å². The first-order valence-corrected chi connectivity index (χ1v) is 3.99. The van der Waals surface area contributed by atoms with Gasteiger partial charge in [-0.1, -0.05) is 13.8 Å². The summed E-state index contributed by atoms with van der Waals surface area (Å²) in [7, 11) is 0. The van der Waals surface area contributed by atoms with Gasteiger partial charge in [-0.25, -0.2) is 0 Å². The standard InChI is InChI=1S/C9H14N2/c1-9(2)4-5-3-6(9)8(11)7(5)10/h3-4,10-11H2,1-2H3. The fourth-order valence-electron chi connectivity index (χ4n) is 2.16. The van der Waals surface area contributed by atoms with Crippen LogP contribution in [-0.4, -0.2) is 0 Å². The molecule has 0 amide bonds. The third-order valence-electron chi connectivity index (χ3n) is 2.86. The summed E-state index contributed by atoms with van der Waals surface area (Å²) in [6.45, 7) is 4.46. The van der Waals surface area contributed by atoms with E-state index in [2.05, 4.69) is 13.8 Å².